The molecule has 0 saturated carbocycles. The van der Waals surface area contributed by atoms with Crippen molar-refractivity contribution in [2.24, 2.45) is 0 Å². The standard InChI is InChI=1S/Na.H2O.O.Zr/h;1H2;;/q+1;;-2;+4/p-1. The van der Waals surface area contributed by atoms with Crippen molar-refractivity contribution < 1.29 is 66.7 Å². The van der Waals surface area contributed by atoms with Crippen LogP contribution in [0.5, 0.6) is 0 Å². The van der Waals surface area contributed by atoms with Gasteiger partial charge in [-0.2, -0.15) is 0 Å². The average Bonchev–Trinajstić information content (AvgIpc) is 0. The third kappa shape index (κ3) is 9.19. The smallest absolute Gasteiger partial charge is 2.00 e. The van der Waals surface area contributed by atoms with Crippen LogP contribution in [0.15, 0.2) is 0 Å². The first-order valence-electron chi connectivity index (χ1n) is 0. The zero-order valence-corrected chi connectivity index (χ0v) is 6.81. The maximum absolute atomic E-state index is 0. The van der Waals surface area contributed by atoms with Crippen molar-refractivity contribution in [3.05, 3.63) is 0 Å². The van der Waals surface area contributed by atoms with Gasteiger partial charge in [-0.3, -0.25) is 0 Å². The Hall–Kier alpha value is 1.80. The quantitative estimate of drug-likeness (QED) is 0.331. The minimum Gasteiger partial charge on any atom is -2.00 e. The van der Waals surface area contributed by atoms with Crippen molar-refractivity contribution in [2.45, 2.75) is 0 Å². The second-order valence-corrected chi connectivity index (χ2v) is 0. The van der Waals surface area contributed by atoms with Crippen molar-refractivity contribution in [3.8, 4) is 0 Å². The SMILES string of the molecule is [Na+].[O-2].[OH-].[Zr+4]. The summed E-state index contributed by atoms with van der Waals surface area (Å²) in [6.07, 6.45) is 0. The van der Waals surface area contributed by atoms with Crippen LogP contribution in [0.25, 0.3) is 0 Å². The predicted octanol–water partition coefficient (Wildman–Crippen LogP) is -3.29. The van der Waals surface area contributed by atoms with Crippen molar-refractivity contribution in [3.63, 3.8) is 0 Å². The summed E-state index contributed by atoms with van der Waals surface area (Å²) in [5, 5.41) is 0. The van der Waals surface area contributed by atoms with Crippen LogP contribution in [0.4, 0.5) is 0 Å². The maximum Gasteiger partial charge on any atom is 4.00 e. The molecule has 0 aliphatic carbocycles. The third-order valence-corrected chi connectivity index (χ3v) is 0. The summed E-state index contributed by atoms with van der Waals surface area (Å²) in [6.45, 7) is 0. The molecule has 0 radical (unpaired) electrons. The molecule has 0 saturated heterocycles. The number of hydrogen-bond acceptors (Lipinski definition) is 1. The second-order valence-electron chi connectivity index (χ2n) is 0. The predicted molar refractivity (Wildman–Crippen MR) is 2.62 cm³/mol. The largest absolute Gasteiger partial charge is 4.00 e. The normalized spacial score (nSPS) is 0. The van der Waals surface area contributed by atoms with E-state index in [1.165, 1.54) is 0 Å². The molecule has 0 unspecified atom stereocenters. The number of hydrogen-bond donors (Lipinski definition) is 0. The Bertz CT molecular complexity index is 6.00. The van der Waals surface area contributed by atoms with E-state index in [4.69, 9.17) is 0 Å². The molecule has 2 nitrogen and oxygen atoms in total. The Morgan fingerprint density at radius 1 is 1.00 bits per heavy atom. The van der Waals surface area contributed by atoms with Gasteiger partial charge in [-0.25, -0.2) is 0 Å². The maximum atomic E-state index is 0. The first-order valence-corrected chi connectivity index (χ1v) is 0. The zero-order chi connectivity index (χ0) is 0. The van der Waals surface area contributed by atoms with Crippen molar-refractivity contribution in [1.82, 2.24) is 0 Å². The Morgan fingerprint density at radius 3 is 1.00 bits per heavy atom. The average molecular weight is 147 g/mol. The van der Waals surface area contributed by atoms with Crippen LogP contribution in [0.3, 0.4) is 0 Å². The van der Waals surface area contributed by atoms with Gasteiger partial charge in [0.15, 0.2) is 0 Å². The van der Waals surface area contributed by atoms with Crippen molar-refractivity contribution in [1.29, 1.82) is 0 Å². The van der Waals surface area contributed by atoms with E-state index in [9.17, 15) is 0 Å². The van der Waals surface area contributed by atoms with Crippen molar-refractivity contribution in [2.75, 3.05) is 0 Å². The van der Waals surface area contributed by atoms with Crippen molar-refractivity contribution >= 4 is 0 Å². The van der Waals surface area contributed by atoms with E-state index < -0.39 is 0 Å². The zero-order valence-electron chi connectivity index (χ0n) is 2.36. The summed E-state index contributed by atoms with van der Waals surface area (Å²) in [6, 6.07) is 0. The van der Waals surface area contributed by atoms with Gasteiger partial charge in [0.1, 0.15) is 0 Å². The summed E-state index contributed by atoms with van der Waals surface area (Å²) >= 11 is 0. The van der Waals surface area contributed by atoms with Gasteiger partial charge in [-0.05, 0) is 0 Å². The Balaban J connectivity index is 0. The molecule has 1 N–H and O–H groups in total. The molecule has 0 atom stereocenters. The van der Waals surface area contributed by atoms with E-state index in [1.807, 2.05) is 0 Å². The Kier molecular flexibility index (Phi) is 220. The molecule has 0 bridgehead atoms. The van der Waals surface area contributed by atoms with Gasteiger partial charge >= 0.3 is 55.8 Å². The Labute approximate surface area is 66.0 Å². The van der Waals surface area contributed by atoms with Gasteiger partial charge in [-0.1, -0.05) is 0 Å². The van der Waals surface area contributed by atoms with Crippen LogP contribution in [-0.4, -0.2) is 5.48 Å². The topological polar surface area (TPSA) is 58.5 Å². The molecular weight excluding hydrogens is 146 g/mol. The molecule has 0 aromatic heterocycles. The molecule has 4 heteroatoms. The monoisotopic (exact) mass is 146 g/mol. The fraction of sp³-hybridized carbons (Fsp3) is 0. The molecule has 0 amide bonds. The first-order chi connectivity index (χ1) is 0. The van der Waals surface area contributed by atoms with Crippen LogP contribution in [-0.2, 0) is 31.7 Å². The van der Waals surface area contributed by atoms with Gasteiger partial charge in [0, 0.05) is 0 Å². The van der Waals surface area contributed by atoms with Crippen LogP contribution >= 0.6 is 0 Å². The van der Waals surface area contributed by atoms with Gasteiger partial charge in [0.2, 0.25) is 0 Å². The van der Waals surface area contributed by atoms with Gasteiger partial charge < -0.3 is 11.0 Å². The van der Waals surface area contributed by atoms with E-state index in [-0.39, 0.29) is 66.7 Å². The summed E-state index contributed by atoms with van der Waals surface area (Å²) in [5.74, 6) is 0. The molecule has 0 heterocycles. The second kappa shape index (κ2) is 21.4. The summed E-state index contributed by atoms with van der Waals surface area (Å²) in [7, 11) is 0. The van der Waals surface area contributed by atoms with Crippen LogP contribution in [0, 0.1) is 0 Å². The summed E-state index contributed by atoms with van der Waals surface area (Å²) in [5.41, 5.74) is 0. The van der Waals surface area contributed by atoms with Crippen LogP contribution in [0.2, 0.25) is 0 Å². The molecule has 0 aromatic rings. The molecule has 0 spiro atoms. The van der Waals surface area contributed by atoms with E-state index >= 15 is 0 Å². The molecule has 0 fully saturated rings. The molecular formula is HNaO2Zr+2. The number of rotatable bonds is 0. The van der Waals surface area contributed by atoms with Gasteiger partial charge in [-0.15, -0.1) is 0 Å². The molecule has 16 valence electrons. The van der Waals surface area contributed by atoms with Gasteiger partial charge in [0.25, 0.3) is 0 Å². The molecule has 0 aliphatic rings. The van der Waals surface area contributed by atoms with Crippen LogP contribution in [0.1, 0.15) is 0 Å². The fourth-order valence-electron chi connectivity index (χ4n) is 0. The van der Waals surface area contributed by atoms with Gasteiger partial charge in [0.05, 0.1) is 0 Å². The van der Waals surface area contributed by atoms with E-state index in [2.05, 4.69) is 0 Å². The molecule has 4 heavy (non-hydrogen) atoms. The molecule has 0 aromatic carbocycles. The third-order valence-electron chi connectivity index (χ3n) is 0. The molecule has 0 rings (SSSR count). The van der Waals surface area contributed by atoms with E-state index in [0.29, 0.717) is 0 Å². The summed E-state index contributed by atoms with van der Waals surface area (Å²) < 4.78 is 0. The molecule has 0 aliphatic heterocycles. The minimum absolute atomic E-state index is 0. The first kappa shape index (κ1) is 41.2. The Morgan fingerprint density at radius 2 is 1.00 bits per heavy atom. The minimum atomic E-state index is 0. The summed E-state index contributed by atoms with van der Waals surface area (Å²) in [4.78, 5) is 0. The van der Waals surface area contributed by atoms with E-state index in [1.54, 1.807) is 0 Å². The fourth-order valence-corrected chi connectivity index (χ4v) is 0. The van der Waals surface area contributed by atoms with E-state index in [0.717, 1.165) is 0 Å². The van der Waals surface area contributed by atoms with Crippen LogP contribution < -0.4 is 29.6 Å².